The van der Waals surface area contributed by atoms with Gasteiger partial charge in [0.25, 0.3) is 0 Å². The van der Waals surface area contributed by atoms with E-state index in [1.807, 2.05) is 0 Å². The van der Waals surface area contributed by atoms with E-state index in [2.05, 4.69) is 7.85 Å². The maximum absolute atomic E-state index is 10.9. The van der Waals surface area contributed by atoms with Crippen LogP contribution in [0.4, 0.5) is 0 Å². The first kappa shape index (κ1) is 7.90. The van der Waals surface area contributed by atoms with Gasteiger partial charge in [-0.2, -0.15) is 0 Å². The van der Waals surface area contributed by atoms with Crippen molar-refractivity contribution >= 4 is 21.4 Å². The Kier molecular flexibility index (Phi) is 2.58. The first-order valence-corrected chi connectivity index (χ1v) is 4.20. The van der Waals surface area contributed by atoms with Gasteiger partial charge in [-0.05, 0) is 12.8 Å². The maximum atomic E-state index is 10.9. The molecule has 1 aliphatic carbocycles. The predicted octanol–water partition coefficient (Wildman–Crippen LogP) is -0.242. The third-order valence-electron chi connectivity index (χ3n) is 2.59. The number of hydrogen-bond acceptors (Lipinski definition) is 1. The smallest absolute Gasteiger partial charge is 0.187 e. The normalized spacial score (nSPS) is 33.6. The highest BCUT2D eigenvalue weighted by Gasteiger charge is 2.20. The lowest BCUT2D eigenvalue weighted by atomic mass is 9.69. The zero-order valence-electron chi connectivity index (χ0n) is 6.89. The van der Waals surface area contributed by atoms with Gasteiger partial charge in [0, 0.05) is 5.92 Å². The molecule has 3 heteroatoms. The Labute approximate surface area is 64.4 Å². The van der Waals surface area contributed by atoms with Crippen LogP contribution in [-0.4, -0.2) is 21.4 Å². The van der Waals surface area contributed by atoms with E-state index in [1.54, 1.807) is 7.85 Å². The van der Waals surface area contributed by atoms with Gasteiger partial charge in [-0.3, -0.25) is 0 Å². The number of rotatable bonds is 1. The van der Waals surface area contributed by atoms with E-state index >= 15 is 0 Å². The van der Waals surface area contributed by atoms with E-state index in [-0.39, 0.29) is 0 Å². The highest BCUT2D eigenvalue weighted by molar-refractivity contribution is 6.58. The first-order chi connectivity index (χ1) is 4.70. The van der Waals surface area contributed by atoms with Crippen LogP contribution in [0.3, 0.4) is 0 Å². The highest BCUT2D eigenvalue weighted by Crippen LogP contribution is 2.30. The average molecular weight is 136 g/mol. The lowest BCUT2D eigenvalue weighted by Crippen LogP contribution is -2.19. The minimum absolute atomic E-state index is 0.395. The molecule has 1 aliphatic rings. The highest BCUT2D eigenvalue weighted by atomic mass is 16.1. The quantitative estimate of drug-likeness (QED) is 0.454. The Morgan fingerprint density at radius 3 is 2.10 bits per heavy atom. The van der Waals surface area contributed by atoms with E-state index in [0.717, 1.165) is 18.7 Å². The molecular formula is C7H14B2O. The van der Waals surface area contributed by atoms with Crippen molar-refractivity contribution < 1.29 is 4.79 Å². The molecule has 0 unspecified atom stereocenters. The molecule has 0 N–H and O–H groups in total. The van der Waals surface area contributed by atoms with Crippen LogP contribution in [0.5, 0.6) is 0 Å². The summed E-state index contributed by atoms with van der Waals surface area (Å²) < 4.78 is 0. The number of carbonyl (C=O) groups is 1. The SMILES string of the molecule is BC(=O)C1CCC(B)CC1. The van der Waals surface area contributed by atoms with Gasteiger partial charge in [0.1, 0.15) is 7.85 Å². The van der Waals surface area contributed by atoms with Gasteiger partial charge in [-0.25, -0.2) is 0 Å². The summed E-state index contributed by atoms with van der Waals surface area (Å²) in [5.74, 6) is 1.26. The second-order valence-electron chi connectivity index (χ2n) is 3.57. The standard InChI is InChI=1S/C7H14B2O/c8-6-3-1-5(2-4-6)7(9)10/h5-6H,1-4,8-9H2. The molecule has 0 spiro atoms. The van der Waals surface area contributed by atoms with Crippen molar-refractivity contribution in [3.63, 3.8) is 0 Å². The molecule has 0 aliphatic heterocycles. The molecule has 0 saturated heterocycles. The Morgan fingerprint density at radius 2 is 1.70 bits per heavy atom. The van der Waals surface area contributed by atoms with Crippen molar-refractivity contribution in [2.45, 2.75) is 31.5 Å². The summed E-state index contributed by atoms with van der Waals surface area (Å²) in [5, 5.41) is 0. The van der Waals surface area contributed by atoms with Crippen molar-refractivity contribution in [1.82, 2.24) is 0 Å². The minimum atomic E-state index is 0.395. The van der Waals surface area contributed by atoms with Gasteiger partial charge in [0.15, 0.2) is 7.85 Å². The van der Waals surface area contributed by atoms with Gasteiger partial charge in [-0.1, -0.05) is 18.7 Å². The van der Waals surface area contributed by atoms with E-state index in [9.17, 15) is 4.79 Å². The van der Waals surface area contributed by atoms with Gasteiger partial charge in [0.05, 0.1) is 5.68 Å². The summed E-state index contributed by atoms with van der Waals surface area (Å²) in [6.07, 6.45) is 4.78. The lowest BCUT2D eigenvalue weighted by molar-refractivity contribution is -0.116. The number of hydrogen-bond donors (Lipinski definition) is 0. The molecule has 0 amide bonds. The molecular weight excluding hydrogens is 122 g/mol. The van der Waals surface area contributed by atoms with Crippen LogP contribution in [0.2, 0.25) is 5.82 Å². The first-order valence-electron chi connectivity index (χ1n) is 4.20. The summed E-state index contributed by atoms with van der Waals surface area (Å²) >= 11 is 0. The molecule has 0 aromatic rings. The lowest BCUT2D eigenvalue weighted by Gasteiger charge is -2.24. The molecule has 1 rings (SSSR count). The molecule has 0 aromatic carbocycles. The van der Waals surface area contributed by atoms with E-state index in [4.69, 9.17) is 0 Å². The molecule has 10 heavy (non-hydrogen) atoms. The summed E-state index contributed by atoms with van der Waals surface area (Å²) in [7, 11) is 4.00. The van der Waals surface area contributed by atoms with Gasteiger partial charge < -0.3 is 4.79 Å². The van der Waals surface area contributed by atoms with Crippen molar-refractivity contribution in [2.24, 2.45) is 5.92 Å². The van der Waals surface area contributed by atoms with Crippen LogP contribution in [-0.2, 0) is 4.79 Å². The van der Waals surface area contributed by atoms with Crippen molar-refractivity contribution in [3.8, 4) is 0 Å². The summed E-state index contributed by atoms with van der Waals surface area (Å²) in [6.45, 7) is 0. The summed E-state index contributed by atoms with van der Waals surface area (Å²) in [5.41, 5.74) is 0.395. The second-order valence-corrected chi connectivity index (χ2v) is 3.57. The van der Waals surface area contributed by atoms with Gasteiger partial charge in [-0.15, -0.1) is 0 Å². The molecule has 0 aromatic heterocycles. The predicted molar refractivity (Wildman–Crippen MR) is 47.8 cm³/mol. The maximum Gasteiger partial charge on any atom is 0.187 e. The molecule has 0 radical (unpaired) electrons. The zero-order chi connectivity index (χ0) is 7.56. The largest absolute Gasteiger partial charge is 0.312 e. The molecule has 1 saturated carbocycles. The molecule has 0 atom stereocenters. The van der Waals surface area contributed by atoms with E-state index in [0.29, 0.717) is 11.6 Å². The van der Waals surface area contributed by atoms with Gasteiger partial charge >= 0.3 is 0 Å². The van der Waals surface area contributed by atoms with E-state index < -0.39 is 0 Å². The molecule has 0 heterocycles. The molecule has 0 bridgehead atoms. The van der Waals surface area contributed by atoms with Crippen molar-refractivity contribution in [3.05, 3.63) is 0 Å². The fraction of sp³-hybridized carbons (Fsp3) is 0.857. The molecule has 1 nitrogen and oxygen atoms in total. The van der Waals surface area contributed by atoms with Crippen LogP contribution in [0.15, 0.2) is 0 Å². The fourth-order valence-corrected chi connectivity index (χ4v) is 1.67. The summed E-state index contributed by atoms with van der Waals surface area (Å²) in [4.78, 5) is 10.9. The van der Waals surface area contributed by atoms with Gasteiger partial charge in [0.2, 0.25) is 0 Å². The third kappa shape index (κ3) is 1.89. The second kappa shape index (κ2) is 3.27. The molecule has 1 fully saturated rings. The fourth-order valence-electron chi connectivity index (χ4n) is 1.67. The van der Waals surface area contributed by atoms with Crippen LogP contribution in [0.25, 0.3) is 0 Å². The van der Waals surface area contributed by atoms with Crippen molar-refractivity contribution in [2.75, 3.05) is 0 Å². The minimum Gasteiger partial charge on any atom is -0.312 e. The Balaban J connectivity index is 2.33. The molecule has 54 valence electrons. The third-order valence-corrected chi connectivity index (χ3v) is 2.59. The van der Waals surface area contributed by atoms with Crippen molar-refractivity contribution in [1.29, 1.82) is 0 Å². The monoisotopic (exact) mass is 136 g/mol. The van der Waals surface area contributed by atoms with Crippen LogP contribution < -0.4 is 0 Å². The Morgan fingerprint density at radius 1 is 1.20 bits per heavy atom. The van der Waals surface area contributed by atoms with Crippen LogP contribution >= 0.6 is 0 Å². The van der Waals surface area contributed by atoms with E-state index in [1.165, 1.54) is 12.8 Å². The number of carbonyl (C=O) groups excluding carboxylic acids is 1. The average Bonchev–Trinajstić information content (AvgIpc) is 1.88. The van der Waals surface area contributed by atoms with Crippen LogP contribution in [0.1, 0.15) is 25.7 Å². The zero-order valence-corrected chi connectivity index (χ0v) is 6.89. The summed E-state index contributed by atoms with van der Waals surface area (Å²) in [6, 6.07) is 0. The Bertz CT molecular complexity index is 128. The Hall–Kier alpha value is -0.200. The van der Waals surface area contributed by atoms with Crippen LogP contribution in [0, 0.1) is 5.92 Å². The topological polar surface area (TPSA) is 17.1 Å².